The number of benzene rings is 1. The molecular weight excluding hydrogens is 400 g/mol. The van der Waals surface area contributed by atoms with E-state index in [-0.39, 0.29) is 35.2 Å². The normalized spacial score (nSPS) is 20.2. The lowest BCUT2D eigenvalue weighted by Gasteiger charge is -2.26. The van der Waals surface area contributed by atoms with Crippen LogP contribution in [-0.2, 0) is 25.1 Å². The highest BCUT2D eigenvalue weighted by Crippen LogP contribution is 2.27. The molecule has 0 bridgehead atoms. The number of hydrogen-bond donors (Lipinski definition) is 2. The lowest BCUT2D eigenvalue weighted by Crippen LogP contribution is -2.44. The van der Waals surface area contributed by atoms with Crippen molar-refractivity contribution < 1.29 is 17.9 Å². The van der Waals surface area contributed by atoms with E-state index in [9.17, 15) is 13.2 Å². The maximum Gasteiger partial charge on any atom is 0.241 e. The average molecular weight is 431 g/mol. The van der Waals surface area contributed by atoms with Crippen molar-refractivity contribution in [3.8, 4) is 0 Å². The monoisotopic (exact) mass is 430 g/mol. The number of halogens is 1. The number of nitrogens with one attached hydrogen (secondary N) is 1. The van der Waals surface area contributed by atoms with Gasteiger partial charge in [0.05, 0.1) is 17.0 Å². The molecule has 0 radical (unpaired) electrons. The summed E-state index contributed by atoms with van der Waals surface area (Å²) in [6.45, 7) is 1.28. The van der Waals surface area contributed by atoms with Crippen LogP contribution in [0.25, 0.3) is 0 Å². The minimum Gasteiger partial charge on any atom is -0.381 e. The number of hydrogen-bond acceptors (Lipinski definition) is 5. The van der Waals surface area contributed by atoms with Crippen LogP contribution in [0.5, 0.6) is 0 Å². The molecule has 2 fully saturated rings. The van der Waals surface area contributed by atoms with Crippen molar-refractivity contribution in [3.63, 3.8) is 0 Å². The Morgan fingerprint density at radius 2 is 1.82 bits per heavy atom. The van der Waals surface area contributed by atoms with Crippen LogP contribution in [0.2, 0.25) is 0 Å². The molecule has 0 aromatic heterocycles. The second-order valence-electron chi connectivity index (χ2n) is 7.73. The first-order valence-electron chi connectivity index (χ1n) is 9.90. The van der Waals surface area contributed by atoms with Crippen molar-refractivity contribution >= 4 is 33.8 Å². The molecule has 1 unspecified atom stereocenters. The molecular formula is C20H31ClN2O4S. The van der Waals surface area contributed by atoms with Gasteiger partial charge in [0.15, 0.2) is 9.84 Å². The zero-order valence-electron chi connectivity index (χ0n) is 16.1. The predicted molar refractivity (Wildman–Crippen MR) is 113 cm³/mol. The number of nitrogens with two attached hydrogens (primary N) is 1. The minimum absolute atomic E-state index is 0. The van der Waals surface area contributed by atoms with Crippen LogP contribution in [0, 0.1) is 5.92 Å². The Morgan fingerprint density at radius 3 is 2.50 bits per heavy atom. The Morgan fingerprint density at radius 1 is 1.14 bits per heavy atom. The molecule has 28 heavy (non-hydrogen) atoms. The van der Waals surface area contributed by atoms with Gasteiger partial charge in [-0.1, -0.05) is 31.4 Å². The van der Waals surface area contributed by atoms with Crippen LogP contribution in [0.3, 0.4) is 0 Å². The van der Waals surface area contributed by atoms with Gasteiger partial charge in [0.2, 0.25) is 5.91 Å². The van der Waals surface area contributed by atoms with Gasteiger partial charge in [-0.3, -0.25) is 4.79 Å². The summed E-state index contributed by atoms with van der Waals surface area (Å²) in [6, 6.07) is 6.51. The number of rotatable bonds is 6. The second-order valence-corrected chi connectivity index (χ2v) is 10.0. The van der Waals surface area contributed by atoms with Crippen LogP contribution in [0.15, 0.2) is 24.3 Å². The number of anilines is 1. The zero-order valence-corrected chi connectivity index (χ0v) is 17.8. The first-order chi connectivity index (χ1) is 13.0. The van der Waals surface area contributed by atoms with Crippen LogP contribution < -0.4 is 11.1 Å². The van der Waals surface area contributed by atoms with Crippen molar-refractivity contribution in [2.24, 2.45) is 11.7 Å². The van der Waals surface area contributed by atoms with Gasteiger partial charge < -0.3 is 15.8 Å². The van der Waals surface area contributed by atoms with Crippen molar-refractivity contribution in [2.75, 3.05) is 18.5 Å². The molecule has 3 N–H and O–H groups in total. The van der Waals surface area contributed by atoms with Crippen LogP contribution in [-0.4, -0.2) is 38.8 Å². The number of ether oxygens (including phenoxy) is 1. The summed E-state index contributed by atoms with van der Waals surface area (Å²) in [5.74, 6) is -0.0873. The molecule has 3 rings (SSSR count). The minimum atomic E-state index is -3.17. The Bertz CT molecular complexity index is 744. The maximum atomic E-state index is 12.7. The van der Waals surface area contributed by atoms with Gasteiger partial charge in [-0.15, -0.1) is 12.4 Å². The SMILES string of the molecule is Cl.NC(C(=O)Nc1cccc(CS(=O)(=O)C2CCCCC2)c1)C1CCOCC1. The van der Waals surface area contributed by atoms with Gasteiger partial charge >= 0.3 is 0 Å². The van der Waals surface area contributed by atoms with Gasteiger partial charge in [-0.2, -0.15) is 0 Å². The summed E-state index contributed by atoms with van der Waals surface area (Å²) in [4.78, 5) is 12.5. The molecule has 1 aromatic carbocycles. The smallest absolute Gasteiger partial charge is 0.241 e. The fourth-order valence-electron chi connectivity index (χ4n) is 4.03. The third-order valence-electron chi connectivity index (χ3n) is 5.70. The highest BCUT2D eigenvalue weighted by Gasteiger charge is 2.28. The standard InChI is InChI=1S/C20H30N2O4S.ClH/c21-19(16-9-11-26-12-10-16)20(23)22-17-6-4-5-15(13-17)14-27(24,25)18-7-2-1-3-8-18;/h4-6,13,16,18-19H,1-3,7-12,14,21H2,(H,22,23);1H. The molecule has 1 amide bonds. The average Bonchev–Trinajstić information content (AvgIpc) is 2.68. The molecule has 158 valence electrons. The van der Waals surface area contributed by atoms with Gasteiger partial charge in [0, 0.05) is 18.9 Å². The molecule has 1 saturated heterocycles. The first-order valence-corrected chi connectivity index (χ1v) is 11.6. The Kier molecular flexibility index (Phi) is 8.74. The lowest BCUT2D eigenvalue weighted by atomic mass is 9.92. The molecule has 1 aliphatic carbocycles. The van der Waals surface area contributed by atoms with E-state index in [0.29, 0.717) is 24.5 Å². The predicted octanol–water partition coefficient (Wildman–Crippen LogP) is 3.05. The van der Waals surface area contributed by atoms with E-state index in [1.807, 2.05) is 0 Å². The molecule has 6 nitrogen and oxygen atoms in total. The van der Waals surface area contributed by atoms with Crippen LogP contribution in [0.1, 0.15) is 50.5 Å². The van der Waals surface area contributed by atoms with Crippen molar-refractivity contribution in [3.05, 3.63) is 29.8 Å². The lowest BCUT2D eigenvalue weighted by molar-refractivity contribution is -0.119. The summed E-state index contributed by atoms with van der Waals surface area (Å²) >= 11 is 0. The molecule has 0 spiro atoms. The van der Waals surface area contributed by atoms with Gasteiger partial charge in [-0.25, -0.2) is 8.42 Å². The first kappa shape index (κ1) is 23.1. The second kappa shape index (κ2) is 10.6. The molecule has 1 atom stereocenters. The summed E-state index contributed by atoms with van der Waals surface area (Å²) in [5, 5.41) is 2.61. The zero-order chi connectivity index (χ0) is 19.3. The van der Waals surface area contributed by atoms with Crippen LogP contribution >= 0.6 is 12.4 Å². The third kappa shape index (κ3) is 6.17. The van der Waals surface area contributed by atoms with Crippen molar-refractivity contribution in [1.29, 1.82) is 0 Å². The van der Waals surface area contributed by atoms with E-state index in [4.69, 9.17) is 10.5 Å². The molecule has 1 aliphatic heterocycles. The Hall–Kier alpha value is -1.15. The van der Waals surface area contributed by atoms with E-state index in [1.54, 1.807) is 24.3 Å². The summed E-state index contributed by atoms with van der Waals surface area (Å²) in [7, 11) is -3.17. The molecule has 2 aliphatic rings. The number of sulfone groups is 1. The molecule has 8 heteroatoms. The van der Waals surface area contributed by atoms with Gasteiger partial charge in [0.25, 0.3) is 0 Å². The molecule has 1 heterocycles. The summed E-state index contributed by atoms with van der Waals surface area (Å²) in [6.07, 6.45) is 6.20. The largest absolute Gasteiger partial charge is 0.381 e. The van der Waals surface area contributed by atoms with Crippen LogP contribution in [0.4, 0.5) is 5.69 Å². The van der Waals surface area contributed by atoms with E-state index >= 15 is 0 Å². The highest BCUT2D eigenvalue weighted by atomic mass is 35.5. The highest BCUT2D eigenvalue weighted by molar-refractivity contribution is 7.91. The fourth-order valence-corrected chi connectivity index (χ4v) is 5.96. The summed E-state index contributed by atoms with van der Waals surface area (Å²) < 4.78 is 30.7. The Labute approximate surface area is 173 Å². The Balaban J connectivity index is 0.00000280. The topological polar surface area (TPSA) is 98.5 Å². The van der Waals surface area contributed by atoms with E-state index in [0.717, 1.165) is 44.9 Å². The van der Waals surface area contributed by atoms with Crippen molar-refractivity contribution in [2.45, 2.75) is 62.0 Å². The maximum absolute atomic E-state index is 12.7. The van der Waals surface area contributed by atoms with Gasteiger partial charge in [0.1, 0.15) is 0 Å². The number of carbonyl (C=O) groups is 1. The quantitative estimate of drug-likeness (QED) is 0.722. The molecule has 1 saturated carbocycles. The van der Waals surface area contributed by atoms with E-state index in [1.165, 1.54) is 0 Å². The van der Waals surface area contributed by atoms with E-state index in [2.05, 4.69) is 5.32 Å². The molecule has 1 aromatic rings. The van der Waals surface area contributed by atoms with Crippen molar-refractivity contribution in [1.82, 2.24) is 0 Å². The van der Waals surface area contributed by atoms with E-state index < -0.39 is 15.9 Å². The fraction of sp³-hybridized carbons (Fsp3) is 0.650. The van der Waals surface area contributed by atoms with Gasteiger partial charge in [-0.05, 0) is 49.3 Å². The summed E-state index contributed by atoms with van der Waals surface area (Å²) in [5.41, 5.74) is 7.42. The number of amides is 1. The number of carbonyl (C=O) groups excluding carboxylic acids is 1. The third-order valence-corrected chi connectivity index (χ3v) is 7.92.